The summed E-state index contributed by atoms with van der Waals surface area (Å²) in [6.45, 7) is 10.5. The summed E-state index contributed by atoms with van der Waals surface area (Å²) in [6.07, 6.45) is 5.01. The number of amides is 1. The number of aliphatic hydroxyl groups is 2. The molecule has 1 saturated heterocycles. The second-order valence-electron chi connectivity index (χ2n) is 11.0. The van der Waals surface area contributed by atoms with E-state index in [-0.39, 0.29) is 23.7 Å². The van der Waals surface area contributed by atoms with Gasteiger partial charge in [0, 0.05) is 30.7 Å². The Morgan fingerprint density at radius 1 is 1.19 bits per heavy atom. The van der Waals surface area contributed by atoms with Crippen LogP contribution in [0.25, 0.3) is 0 Å². The molecule has 1 heterocycles. The topological polar surface area (TPSA) is 113 Å². The van der Waals surface area contributed by atoms with E-state index >= 15 is 0 Å². The van der Waals surface area contributed by atoms with Gasteiger partial charge in [0.15, 0.2) is 5.78 Å². The summed E-state index contributed by atoms with van der Waals surface area (Å²) in [5.41, 5.74) is -1.55. The molecule has 0 aromatic heterocycles. The molecule has 7 heteroatoms. The van der Waals surface area contributed by atoms with Gasteiger partial charge in [0.1, 0.15) is 17.1 Å². The Hall–Kier alpha value is -3.03. The lowest BCUT2D eigenvalue weighted by atomic mass is 9.51. The summed E-state index contributed by atoms with van der Waals surface area (Å²) in [5, 5.41) is 25.7. The molecule has 0 bridgehead atoms. The Kier molecular flexibility index (Phi) is 7.32. The van der Waals surface area contributed by atoms with Crippen LogP contribution in [0.1, 0.15) is 39.7 Å². The molecular weight excluding hydrogens is 470 g/mol. The molecule has 37 heavy (non-hydrogen) atoms. The van der Waals surface area contributed by atoms with Crippen LogP contribution in [0.5, 0.6) is 0 Å². The number of ether oxygens (including phenoxy) is 1. The van der Waals surface area contributed by atoms with Crippen LogP contribution in [0.4, 0.5) is 0 Å². The molecule has 1 spiro atoms. The summed E-state index contributed by atoms with van der Waals surface area (Å²) >= 11 is 0. The van der Waals surface area contributed by atoms with Crippen LogP contribution in [0.2, 0.25) is 0 Å². The second-order valence-corrected chi connectivity index (χ2v) is 11.0. The Morgan fingerprint density at radius 3 is 2.51 bits per heavy atom. The van der Waals surface area contributed by atoms with E-state index in [1.54, 1.807) is 19.1 Å². The third-order valence-electron chi connectivity index (χ3n) is 8.53. The van der Waals surface area contributed by atoms with Crippen LogP contribution in [-0.4, -0.2) is 51.7 Å². The Morgan fingerprint density at radius 2 is 1.86 bits per heavy atom. The maximum Gasteiger partial charge on any atom is 0.303 e. The van der Waals surface area contributed by atoms with Crippen LogP contribution < -0.4 is 5.32 Å². The SMILES string of the molecule is C=C1[C@@H](C)[C@H]2[C@H](Cc3ccccc3)NC(=O)C23C(OC(C)=O)/C=C/C(C)(O)C(=O)[C@@H](C)C/C=C/[C@H]3[C@@H]1O. The zero-order chi connectivity index (χ0) is 27.1. The molecule has 198 valence electrons. The van der Waals surface area contributed by atoms with Gasteiger partial charge in [-0.05, 0) is 49.0 Å². The molecule has 3 unspecified atom stereocenters. The summed E-state index contributed by atoms with van der Waals surface area (Å²) in [6, 6.07) is 9.49. The zero-order valence-electron chi connectivity index (χ0n) is 21.9. The van der Waals surface area contributed by atoms with Gasteiger partial charge in [0.05, 0.1) is 6.10 Å². The predicted molar refractivity (Wildman–Crippen MR) is 139 cm³/mol. The van der Waals surface area contributed by atoms with Gasteiger partial charge in [-0.3, -0.25) is 14.4 Å². The van der Waals surface area contributed by atoms with Crippen molar-refractivity contribution in [2.75, 3.05) is 0 Å². The van der Waals surface area contributed by atoms with Crippen LogP contribution in [-0.2, 0) is 25.5 Å². The largest absolute Gasteiger partial charge is 0.457 e. The quantitative estimate of drug-likeness (QED) is 0.428. The van der Waals surface area contributed by atoms with Gasteiger partial charge in [0.25, 0.3) is 0 Å². The number of hydrogen-bond donors (Lipinski definition) is 3. The Balaban J connectivity index is 1.94. The molecule has 9 atom stereocenters. The zero-order valence-corrected chi connectivity index (χ0v) is 21.9. The average molecular weight is 508 g/mol. The highest BCUT2D eigenvalue weighted by Gasteiger charge is 2.68. The standard InChI is InChI=1S/C30H37NO6/c1-17-10-9-13-22-26(33)19(3)18(2)25-23(16-21-11-7-6-8-12-21)31-28(35)30(22,25)24(37-20(4)32)14-15-29(5,36)27(17)34/h6-9,11-15,17-18,22-26,33,36H,3,10,16H2,1-2,4-5H3,(H,31,35)/b13-9+,15-14+/t17-,18+,22-,23-,24?,25-,26+,29?,30?/m0/s1. The smallest absolute Gasteiger partial charge is 0.303 e. The fourth-order valence-electron chi connectivity index (χ4n) is 6.68. The number of carbonyl (C=O) groups excluding carboxylic acids is 3. The van der Waals surface area contributed by atoms with Crippen molar-refractivity contribution in [3.8, 4) is 0 Å². The Bertz CT molecular complexity index is 1140. The van der Waals surface area contributed by atoms with Crippen LogP contribution in [0.15, 0.2) is 66.8 Å². The van der Waals surface area contributed by atoms with Crippen molar-refractivity contribution in [2.45, 2.75) is 64.4 Å². The van der Waals surface area contributed by atoms with E-state index in [0.29, 0.717) is 18.4 Å². The fourth-order valence-corrected chi connectivity index (χ4v) is 6.68. The lowest BCUT2D eigenvalue weighted by molar-refractivity contribution is -0.166. The van der Waals surface area contributed by atoms with E-state index < -0.39 is 46.9 Å². The number of allylic oxidation sites excluding steroid dienone is 1. The summed E-state index contributed by atoms with van der Waals surface area (Å²) in [7, 11) is 0. The number of Topliss-reactive ketones (excluding diaryl/α,β-unsaturated/α-hetero) is 1. The van der Waals surface area contributed by atoms with Crippen molar-refractivity contribution in [3.63, 3.8) is 0 Å². The van der Waals surface area contributed by atoms with E-state index in [1.165, 1.54) is 26.0 Å². The molecule has 7 nitrogen and oxygen atoms in total. The molecular formula is C30H37NO6. The van der Waals surface area contributed by atoms with Crippen molar-refractivity contribution in [1.29, 1.82) is 0 Å². The van der Waals surface area contributed by atoms with E-state index in [2.05, 4.69) is 11.9 Å². The van der Waals surface area contributed by atoms with Gasteiger partial charge in [0.2, 0.25) is 5.91 Å². The first-order valence-corrected chi connectivity index (χ1v) is 12.9. The normalized spacial score (nSPS) is 41.6. The lowest BCUT2D eigenvalue weighted by Gasteiger charge is -2.52. The number of rotatable bonds is 3. The van der Waals surface area contributed by atoms with Crippen molar-refractivity contribution in [1.82, 2.24) is 5.32 Å². The highest BCUT2D eigenvalue weighted by atomic mass is 16.5. The van der Waals surface area contributed by atoms with Crippen molar-refractivity contribution in [3.05, 3.63) is 72.4 Å². The maximum absolute atomic E-state index is 14.2. The van der Waals surface area contributed by atoms with E-state index in [1.807, 2.05) is 37.3 Å². The number of aliphatic hydroxyl groups excluding tert-OH is 1. The van der Waals surface area contributed by atoms with Crippen LogP contribution in [0.3, 0.4) is 0 Å². The van der Waals surface area contributed by atoms with Gasteiger partial charge in [-0.1, -0.05) is 62.9 Å². The van der Waals surface area contributed by atoms with Gasteiger partial charge >= 0.3 is 5.97 Å². The minimum Gasteiger partial charge on any atom is -0.457 e. The van der Waals surface area contributed by atoms with Gasteiger partial charge in [-0.15, -0.1) is 0 Å². The van der Waals surface area contributed by atoms with E-state index in [4.69, 9.17) is 4.74 Å². The monoisotopic (exact) mass is 507 g/mol. The number of carbonyl (C=O) groups is 3. The molecule has 3 N–H and O–H groups in total. The summed E-state index contributed by atoms with van der Waals surface area (Å²) in [5.74, 6) is -3.26. The number of ketones is 1. The maximum atomic E-state index is 14.2. The molecule has 1 aliphatic heterocycles. The minimum absolute atomic E-state index is 0.287. The fraction of sp³-hybridized carbons (Fsp3) is 0.500. The first kappa shape index (κ1) is 27.0. The number of nitrogens with one attached hydrogen (secondary N) is 1. The highest BCUT2D eigenvalue weighted by molar-refractivity contribution is 5.91. The molecule has 0 radical (unpaired) electrons. The first-order valence-electron chi connectivity index (χ1n) is 12.9. The molecule has 2 aliphatic carbocycles. The van der Waals surface area contributed by atoms with Crippen molar-refractivity contribution >= 4 is 17.7 Å². The van der Waals surface area contributed by atoms with E-state index in [0.717, 1.165) is 5.56 Å². The highest BCUT2D eigenvalue weighted by Crippen LogP contribution is 2.58. The molecule has 3 aliphatic rings. The molecule has 1 aromatic rings. The van der Waals surface area contributed by atoms with Gasteiger partial charge < -0.3 is 20.3 Å². The third kappa shape index (κ3) is 4.59. The Labute approximate surface area is 218 Å². The predicted octanol–water partition coefficient (Wildman–Crippen LogP) is 2.92. The minimum atomic E-state index is -1.82. The van der Waals surface area contributed by atoms with Crippen molar-refractivity contribution < 1.29 is 29.3 Å². The first-order chi connectivity index (χ1) is 17.4. The number of esters is 1. The molecule has 1 amide bonds. The van der Waals surface area contributed by atoms with Gasteiger partial charge in [-0.2, -0.15) is 0 Å². The number of hydrogen-bond acceptors (Lipinski definition) is 6. The molecule has 1 aromatic carbocycles. The van der Waals surface area contributed by atoms with E-state index in [9.17, 15) is 24.6 Å². The van der Waals surface area contributed by atoms with Crippen LogP contribution >= 0.6 is 0 Å². The van der Waals surface area contributed by atoms with Crippen LogP contribution in [0, 0.1) is 29.1 Å². The third-order valence-corrected chi connectivity index (χ3v) is 8.53. The molecule has 4 rings (SSSR count). The summed E-state index contributed by atoms with van der Waals surface area (Å²) in [4.78, 5) is 39.5. The number of benzene rings is 1. The van der Waals surface area contributed by atoms with Gasteiger partial charge in [-0.25, -0.2) is 0 Å². The second kappa shape index (κ2) is 10.0. The van der Waals surface area contributed by atoms with Crippen molar-refractivity contribution in [2.24, 2.45) is 29.1 Å². The summed E-state index contributed by atoms with van der Waals surface area (Å²) < 4.78 is 5.81. The molecule has 1 saturated carbocycles. The molecule has 2 fully saturated rings. The average Bonchev–Trinajstić information content (AvgIpc) is 3.13. The lowest BCUT2D eigenvalue weighted by Crippen LogP contribution is -2.60.